The molecule has 1 aliphatic rings. The van der Waals surface area contributed by atoms with E-state index in [9.17, 15) is 4.39 Å². The molecular weight excluding hydrogens is 1050 g/mol. The van der Waals surface area contributed by atoms with Crippen molar-refractivity contribution in [2.45, 2.75) is 104 Å². The number of aromatic nitrogens is 4. The minimum atomic E-state index is -0.246. The first-order valence-corrected chi connectivity index (χ1v) is 24.4. The smallest absolute Gasteiger partial charge is 0.679 e. The fourth-order valence-electron chi connectivity index (χ4n) is 9.41. The molecule has 0 fully saturated rings. The van der Waals surface area contributed by atoms with Crippen molar-refractivity contribution < 1.29 is 28.9 Å². The first-order chi connectivity index (χ1) is 32.5. The van der Waals surface area contributed by atoms with Gasteiger partial charge in [-0.1, -0.05) is 176 Å². The normalized spacial score (nSPS) is 14.9. The van der Waals surface area contributed by atoms with Gasteiger partial charge in [0.1, 0.15) is 17.2 Å². The molecule has 69 heavy (non-hydrogen) atoms. The fourth-order valence-corrected chi connectivity index (χ4v) is 10.5. The Kier molecular flexibility index (Phi) is 13.0. The monoisotopic (exact) mass is 1110 g/mol. The molecular formula is C60H55FIrN5OS. The fraction of sp³-hybridized carbons (Fsp3) is 0.267. The van der Waals surface area contributed by atoms with Crippen LogP contribution < -0.4 is 0 Å². The first-order valence-electron chi connectivity index (χ1n) is 23.5. The standard InChI is InChI=1S/C49H50N4O.C11H5FNS.Ir/c1-28(2)37-25-32(30-17-12-11-13-18-30)26-38(29(3)4)41(37)42-35-19-14-15-22-39(35)50-43(42)36-21-16-20-34-33-24-23-31(27-40(33)54-44(34)36)45-51-46(48(5,6)7)53-47(52-45)49(8,9)10;12-7-3-4-8-10(6-7)14-9-2-1-5-13-11(8)9;/h11-20,22-29,42-43H,1-10H3;1-3,5-6H;/q-2;-1;+3. The number of thiophene rings is 1. The molecule has 1 aliphatic heterocycles. The number of benzene rings is 6. The van der Waals surface area contributed by atoms with Gasteiger partial charge in [-0.15, -0.1) is 34.8 Å². The predicted octanol–water partition coefficient (Wildman–Crippen LogP) is 17.0. The average Bonchev–Trinajstić information content (AvgIpc) is 4.01. The van der Waals surface area contributed by atoms with E-state index in [4.69, 9.17) is 24.7 Å². The Balaban J connectivity index is 0.000000336. The zero-order valence-electron chi connectivity index (χ0n) is 40.7. The number of hydrogen-bond donors (Lipinski definition) is 0. The van der Waals surface area contributed by atoms with Crippen molar-refractivity contribution in [3.63, 3.8) is 0 Å². The van der Waals surface area contributed by atoms with Gasteiger partial charge in [-0.3, -0.25) is 4.39 Å². The van der Waals surface area contributed by atoms with Gasteiger partial charge < -0.3 is 14.7 Å². The third kappa shape index (κ3) is 9.13. The number of nitrogens with zero attached hydrogens (tertiary/aromatic N) is 5. The van der Waals surface area contributed by atoms with E-state index in [1.165, 1.54) is 45.5 Å². The SMILES string of the molecule is CC(C)c1cc(-c2ccccc2)cc(C(C)C)c1C1c2ccccc2[N-]C1c1[c-]ccc2c1oc1cc(-c3nc(C(C)(C)C)nc(C(C)(C)C)n3)ccc12.Fc1c[c-]c2c(c1)sc1cccnc12.[Ir+3]. The van der Waals surface area contributed by atoms with Gasteiger partial charge >= 0.3 is 20.1 Å². The Morgan fingerprint density at radius 1 is 0.681 bits per heavy atom. The number of halogens is 1. The predicted molar refractivity (Wildman–Crippen MR) is 279 cm³/mol. The van der Waals surface area contributed by atoms with Crippen molar-refractivity contribution in [1.29, 1.82) is 0 Å². The molecule has 0 amide bonds. The van der Waals surface area contributed by atoms with Crippen LogP contribution in [0.3, 0.4) is 0 Å². The zero-order valence-corrected chi connectivity index (χ0v) is 43.9. The largest absolute Gasteiger partial charge is 3.00 e. The topological polar surface area (TPSA) is 78.8 Å². The number of fused-ring (bicyclic) bond motifs is 7. The van der Waals surface area contributed by atoms with Crippen LogP contribution in [0, 0.1) is 17.9 Å². The number of pyridine rings is 1. The molecule has 0 N–H and O–H groups in total. The van der Waals surface area contributed by atoms with Crippen LogP contribution in [0.25, 0.3) is 70.1 Å². The van der Waals surface area contributed by atoms with Crippen molar-refractivity contribution in [3.8, 4) is 22.5 Å². The number of furan rings is 1. The molecule has 2 unspecified atom stereocenters. The van der Waals surface area contributed by atoms with Crippen molar-refractivity contribution in [2.75, 3.05) is 0 Å². The van der Waals surface area contributed by atoms with E-state index in [0.717, 1.165) is 70.7 Å². The quantitative estimate of drug-likeness (QED) is 0.155. The van der Waals surface area contributed by atoms with E-state index < -0.39 is 0 Å². The minimum absolute atomic E-state index is 0. The van der Waals surface area contributed by atoms with Gasteiger partial charge in [0, 0.05) is 49.6 Å². The summed E-state index contributed by atoms with van der Waals surface area (Å²) in [6.45, 7) is 22.1. The molecule has 11 rings (SSSR count). The van der Waals surface area contributed by atoms with Gasteiger partial charge in [0.2, 0.25) is 0 Å². The van der Waals surface area contributed by atoms with E-state index >= 15 is 0 Å². The van der Waals surface area contributed by atoms with E-state index in [1.54, 1.807) is 17.5 Å². The van der Waals surface area contributed by atoms with E-state index in [1.807, 2.05) is 18.2 Å². The van der Waals surface area contributed by atoms with Crippen LogP contribution in [0.1, 0.15) is 132 Å². The van der Waals surface area contributed by atoms with Crippen LogP contribution in [-0.4, -0.2) is 19.9 Å². The van der Waals surface area contributed by atoms with Crippen molar-refractivity contribution >= 4 is 59.3 Å². The second-order valence-electron chi connectivity index (χ2n) is 20.6. The Morgan fingerprint density at radius 2 is 1.36 bits per heavy atom. The summed E-state index contributed by atoms with van der Waals surface area (Å²) >= 11 is 1.54. The van der Waals surface area contributed by atoms with Gasteiger partial charge in [0.15, 0.2) is 5.82 Å². The number of hydrogen-bond acceptors (Lipinski definition) is 6. The van der Waals surface area contributed by atoms with Crippen LogP contribution in [0.5, 0.6) is 0 Å². The maximum absolute atomic E-state index is 12.9. The van der Waals surface area contributed by atoms with E-state index in [2.05, 4.69) is 177 Å². The van der Waals surface area contributed by atoms with Crippen LogP contribution in [-0.2, 0) is 30.9 Å². The molecule has 6 nitrogen and oxygen atoms in total. The minimum Gasteiger partial charge on any atom is -0.679 e. The molecule has 0 saturated carbocycles. The van der Waals surface area contributed by atoms with Crippen LogP contribution >= 0.6 is 11.3 Å². The molecule has 0 aliphatic carbocycles. The third-order valence-electron chi connectivity index (χ3n) is 12.9. The summed E-state index contributed by atoms with van der Waals surface area (Å²) in [6.07, 6.45) is 1.74. The van der Waals surface area contributed by atoms with Crippen molar-refractivity contribution in [2.24, 2.45) is 0 Å². The Labute approximate surface area is 422 Å². The van der Waals surface area contributed by atoms with Gasteiger partial charge in [-0.25, -0.2) is 15.0 Å². The Morgan fingerprint density at radius 3 is 2.04 bits per heavy atom. The van der Waals surface area contributed by atoms with E-state index in [0.29, 0.717) is 17.7 Å². The molecule has 0 saturated heterocycles. The maximum atomic E-state index is 12.9. The summed E-state index contributed by atoms with van der Waals surface area (Å²) in [5.74, 6) is 2.61. The van der Waals surface area contributed by atoms with E-state index in [-0.39, 0.29) is 48.7 Å². The molecule has 0 bridgehead atoms. The summed E-state index contributed by atoms with van der Waals surface area (Å²) in [4.78, 5) is 19.1. The Bertz CT molecular complexity index is 3450. The van der Waals surface area contributed by atoms with Crippen molar-refractivity contribution in [3.05, 3.63) is 190 Å². The molecule has 348 valence electrons. The molecule has 4 aromatic heterocycles. The summed E-state index contributed by atoms with van der Waals surface area (Å²) < 4.78 is 21.8. The molecule has 0 spiro atoms. The van der Waals surface area contributed by atoms with Gasteiger partial charge in [0.25, 0.3) is 0 Å². The molecule has 5 heterocycles. The molecule has 9 heteroatoms. The Hall–Kier alpha value is -6.12. The number of rotatable bonds is 6. The maximum Gasteiger partial charge on any atom is 3.00 e. The van der Waals surface area contributed by atoms with Gasteiger partial charge in [-0.2, -0.15) is 29.5 Å². The summed E-state index contributed by atoms with van der Waals surface area (Å²) in [5.41, 5.74) is 12.9. The van der Waals surface area contributed by atoms with Gasteiger partial charge in [-0.05, 0) is 57.7 Å². The molecule has 6 aromatic carbocycles. The first kappa shape index (κ1) is 47.9. The van der Waals surface area contributed by atoms with Crippen LogP contribution in [0.2, 0.25) is 0 Å². The summed E-state index contributed by atoms with van der Waals surface area (Å²) in [7, 11) is 0. The molecule has 10 aromatic rings. The van der Waals surface area contributed by atoms with Crippen LogP contribution in [0.15, 0.2) is 132 Å². The summed E-state index contributed by atoms with van der Waals surface area (Å²) in [6, 6.07) is 47.9. The number of para-hydroxylation sites is 1. The third-order valence-corrected chi connectivity index (χ3v) is 14.0. The second-order valence-corrected chi connectivity index (χ2v) is 21.7. The van der Waals surface area contributed by atoms with Crippen LogP contribution in [0.4, 0.5) is 10.1 Å². The second kappa shape index (κ2) is 18.7. The van der Waals surface area contributed by atoms with Gasteiger partial charge in [0.05, 0.1) is 0 Å². The van der Waals surface area contributed by atoms with Crippen molar-refractivity contribution in [1.82, 2.24) is 19.9 Å². The summed E-state index contributed by atoms with van der Waals surface area (Å²) in [5, 5.41) is 8.51. The zero-order chi connectivity index (χ0) is 47.6. The average molecular weight is 1110 g/mol. The molecule has 0 radical (unpaired) electrons. The molecule has 2 atom stereocenters.